The Labute approximate surface area is 180 Å². The Morgan fingerprint density at radius 2 is 1.74 bits per heavy atom. The van der Waals surface area contributed by atoms with Gasteiger partial charge in [-0.25, -0.2) is 0 Å². The monoisotopic (exact) mass is 494 g/mol. The number of hydrogen-bond donors (Lipinski definition) is 1. The molecule has 160 valence electrons. The Kier molecular flexibility index (Phi) is 5.78. The molecule has 0 radical (unpaired) electrons. The summed E-state index contributed by atoms with van der Waals surface area (Å²) in [5.74, 6) is -1.11. The maximum Gasteiger partial charge on any atom is 0.404 e. The van der Waals surface area contributed by atoms with E-state index in [-0.39, 0.29) is 39.6 Å². The first-order valence-electron chi connectivity index (χ1n) is 8.27. The number of anilines is 1. The van der Waals surface area contributed by atoms with Crippen molar-refractivity contribution in [3.63, 3.8) is 0 Å². The Hall–Kier alpha value is -4.14. The summed E-state index contributed by atoms with van der Waals surface area (Å²) in [7, 11) is 0. The van der Waals surface area contributed by atoms with Gasteiger partial charge in [-0.3, -0.25) is 25.0 Å². The van der Waals surface area contributed by atoms with Gasteiger partial charge in [-0.15, -0.1) is 0 Å². The molecule has 3 rings (SSSR count). The Balaban J connectivity index is 1.80. The second-order valence-corrected chi connectivity index (χ2v) is 6.98. The summed E-state index contributed by atoms with van der Waals surface area (Å²) in [6, 6.07) is 4.76. The number of benzene rings is 1. The van der Waals surface area contributed by atoms with Crippen LogP contribution in [-0.4, -0.2) is 30.5 Å². The van der Waals surface area contributed by atoms with Crippen LogP contribution in [0.4, 0.5) is 22.9 Å². The van der Waals surface area contributed by atoms with Crippen LogP contribution >= 0.6 is 15.9 Å². The van der Waals surface area contributed by atoms with Crippen molar-refractivity contribution in [1.29, 1.82) is 0 Å². The SMILES string of the molecule is Cc1c([N+](=O)[O-])cc(NC(=O)c2ccc(Cn3cc(Br)c([N+](=O)[O-])n3)o2)cc1[N+](=O)[O-]. The van der Waals surface area contributed by atoms with Gasteiger partial charge >= 0.3 is 5.82 Å². The van der Waals surface area contributed by atoms with E-state index in [4.69, 9.17) is 4.42 Å². The zero-order valence-electron chi connectivity index (χ0n) is 15.5. The van der Waals surface area contributed by atoms with Gasteiger partial charge < -0.3 is 19.8 Å². The Morgan fingerprint density at radius 3 is 2.26 bits per heavy atom. The highest BCUT2D eigenvalue weighted by Gasteiger charge is 2.25. The fourth-order valence-electron chi connectivity index (χ4n) is 2.66. The third-order valence-corrected chi connectivity index (χ3v) is 4.64. The minimum Gasteiger partial charge on any atom is -0.454 e. The second-order valence-electron chi connectivity index (χ2n) is 6.13. The minimum absolute atomic E-state index is 0.0127. The lowest BCUT2D eigenvalue weighted by atomic mass is 10.1. The van der Waals surface area contributed by atoms with Crippen molar-refractivity contribution in [3.8, 4) is 0 Å². The number of rotatable bonds is 7. The average Bonchev–Trinajstić information content (AvgIpc) is 3.29. The predicted octanol–water partition coefficient (Wildman–Crippen LogP) is 3.57. The van der Waals surface area contributed by atoms with Gasteiger partial charge in [0.15, 0.2) is 5.76 Å². The van der Waals surface area contributed by atoms with E-state index in [1.807, 2.05) is 0 Å². The number of hydrogen-bond acceptors (Lipinski definition) is 9. The molecule has 0 fully saturated rings. The number of nitrogens with one attached hydrogen (secondary N) is 1. The van der Waals surface area contributed by atoms with Crippen LogP contribution in [0, 0.1) is 37.3 Å². The molecule has 2 aromatic heterocycles. The summed E-state index contributed by atoms with van der Waals surface area (Å²) < 4.78 is 6.79. The normalized spacial score (nSPS) is 10.6. The van der Waals surface area contributed by atoms with Crippen molar-refractivity contribution >= 4 is 44.7 Å². The molecule has 3 aromatic rings. The van der Waals surface area contributed by atoms with Gasteiger partial charge in [0, 0.05) is 12.1 Å². The summed E-state index contributed by atoms with van der Waals surface area (Å²) in [4.78, 5) is 43.3. The Bertz CT molecular complexity index is 1200. The molecule has 14 nitrogen and oxygen atoms in total. The molecule has 0 spiro atoms. The van der Waals surface area contributed by atoms with Gasteiger partial charge in [-0.05, 0) is 39.9 Å². The molecule has 0 atom stereocenters. The lowest BCUT2D eigenvalue weighted by Crippen LogP contribution is -2.12. The van der Waals surface area contributed by atoms with Crippen molar-refractivity contribution in [1.82, 2.24) is 9.78 Å². The molecule has 31 heavy (non-hydrogen) atoms. The van der Waals surface area contributed by atoms with E-state index in [0.29, 0.717) is 0 Å². The summed E-state index contributed by atoms with van der Waals surface area (Å²) in [5.41, 5.74) is -1.34. The first-order chi connectivity index (χ1) is 14.6. The first-order valence-corrected chi connectivity index (χ1v) is 9.07. The van der Waals surface area contributed by atoms with Crippen LogP contribution in [0.25, 0.3) is 0 Å². The highest BCUT2D eigenvalue weighted by Crippen LogP contribution is 2.32. The van der Waals surface area contributed by atoms with E-state index >= 15 is 0 Å². The number of aromatic nitrogens is 2. The second kappa shape index (κ2) is 8.31. The van der Waals surface area contributed by atoms with Crippen LogP contribution < -0.4 is 5.32 Å². The first kappa shape index (κ1) is 21.6. The van der Waals surface area contributed by atoms with E-state index in [1.165, 1.54) is 29.9 Å². The molecule has 1 aromatic carbocycles. The van der Waals surface area contributed by atoms with E-state index in [2.05, 4.69) is 26.3 Å². The molecule has 2 heterocycles. The molecule has 0 unspecified atom stereocenters. The number of nitro benzene ring substituents is 2. The standard InChI is InChI=1S/C16H11BrN6O8/c1-8-12(21(25)26)4-9(5-13(8)22(27)28)18-16(24)14-3-2-10(31-14)6-20-7-11(17)15(19-20)23(29)30/h2-5,7H,6H2,1H3,(H,18,24). The number of carbonyl (C=O) groups excluding carboxylic acids is 1. The number of halogens is 1. The molecular formula is C16H11BrN6O8. The average molecular weight is 495 g/mol. The lowest BCUT2D eigenvalue weighted by Gasteiger charge is -2.06. The highest BCUT2D eigenvalue weighted by atomic mass is 79.9. The van der Waals surface area contributed by atoms with Gasteiger partial charge in [-0.2, -0.15) is 4.68 Å². The summed E-state index contributed by atoms with van der Waals surface area (Å²) in [6.07, 6.45) is 1.37. The quantitative estimate of drug-likeness (QED) is 0.377. The van der Waals surface area contributed by atoms with Crippen molar-refractivity contribution in [2.45, 2.75) is 13.5 Å². The van der Waals surface area contributed by atoms with E-state index < -0.39 is 32.1 Å². The largest absolute Gasteiger partial charge is 0.454 e. The van der Waals surface area contributed by atoms with Gasteiger partial charge in [0.1, 0.15) is 22.3 Å². The van der Waals surface area contributed by atoms with Gasteiger partial charge in [-0.1, -0.05) is 0 Å². The number of amides is 1. The predicted molar refractivity (Wildman–Crippen MR) is 107 cm³/mol. The summed E-state index contributed by atoms with van der Waals surface area (Å²) >= 11 is 3.02. The van der Waals surface area contributed by atoms with Crippen molar-refractivity contribution < 1.29 is 24.0 Å². The van der Waals surface area contributed by atoms with Gasteiger partial charge in [0.25, 0.3) is 17.3 Å². The molecule has 0 aliphatic carbocycles. The topological polar surface area (TPSA) is 189 Å². The fraction of sp³-hybridized carbons (Fsp3) is 0.125. The molecular weight excluding hydrogens is 484 g/mol. The maximum absolute atomic E-state index is 12.4. The molecule has 0 aliphatic heterocycles. The van der Waals surface area contributed by atoms with Crippen molar-refractivity contribution in [2.24, 2.45) is 0 Å². The van der Waals surface area contributed by atoms with Gasteiger partial charge in [0.2, 0.25) is 0 Å². The van der Waals surface area contributed by atoms with Crippen LogP contribution in [0.1, 0.15) is 21.9 Å². The molecule has 15 heteroatoms. The molecule has 0 aliphatic rings. The number of nitro groups is 3. The smallest absolute Gasteiger partial charge is 0.404 e. The lowest BCUT2D eigenvalue weighted by molar-refractivity contribution is -0.395. The van der Waals surface area contributed by atoms with E-state index in [9.17, 15) is 35.1 Å². The molecule has 0 bridgehead atoms. The minimum atomic E-state index is -0.800. The molecule has 0 saturated heterocycles. The Morgan fingerprint density at radius 1 is 1.13 bits per heavy atom. The highest BCUT2D eigenvalue weighted by molar-refractivity contribution is 9.10. The van der Waals surface area contributed by atoms with Crippen LogP contribution in [0.5, 0.6) is 0 Å². The fourth-order valence-corrected chi connectivity index (χ4v) is 3.12. The van der Waals surface area contributed by atoms with Crippen LogP contribution in [-0.2, 0) is 6.54 Å². The van der Waals surface area contributed by atoms with Crippen molar-refractivity contribution in [3.05, 3.63) is 82.4 Å². The van der Waals surface area contributed by atoms with Crippen LogP contribution in [0.3, 0.4) is 0 Å². The van der Waals surface area contributed by atoms with Crippen molar-refractivity contribution in [2.75, 3.05) is 5.32 Å². The number of carbonyl (C=O) groups is 1. The zero-order chi connectivity index (χ0) is 22.9. The molecule has 1 N–H and O–H groups in total. The van der Waals surface area contributed by atoms with Crippen LogP contribution in [0.15, 0.2) is 39.4 Å². The summed E-state index contributed by atoms with van der Waals surface area (Å²) in [6.45, 7) is 1.22. The molecule has 0 saturated carbocycles. The molecule has 1 amide bonds. The number of nitrogens with zero attached hydrogens (tertiary/aromatic N) is 5. The van der Waals surface area contributed by atoms with Gasteiger partial charge in [0.05, 0.1) is 26.8 Å². The van der Waals surface area contributed by atoms with E-state index in [0.717, 1.165) is 12.1 Å². The number of furan rings is 1. The van der Waals surface area contributed by atoms with Crippen LogP contribution in [0.2, 0.25) is 0 Å². The third-order valence-electron chi connectivity index (χ3n) is 4.08. The summed E-state index contributed by atoms with van der Waals surface area (Å²) in [5, 5.41) is 39.2. The maximum atomic E-state index is 12.4. The van der Waals surface area contributed by atoms with E-state index in [1.54, 1.807) is 0 Å². The third kappa shape index (κ3) is 4.55. The zero-order valence-corrected chi connectivity index (χ0v) is 17.1.